The number of nitrogens with zero attached hydrogens (tertiary/aromatic N) is 4. The summed E-state index contributed by atoms with van der Waals surface area (Å²) in [7, 11) is 0. The Morgan fingerprint density at radius 2 is 2.15 bits per heavy atom. The van der Waals surface area contributed by atoms with Gasteiger partial charge in [0.15, 0.2) is 5.82 Å². The Bertz CT molecular complexity index is 574. The summed E-state index contributed by atoms with van der Waals surface area (Å²) in [5.41, 5.74) is 2.11. The van der Waals surface area contributed by atoms with Crippen LogP contribution in [0.1, 0.15) is 37.8 Å². The van der Waals surface area contributed by atoms with Crippen molar-refractivity contribution >= 4 is 22.9 Å². The van der Waals surface area contributed by atoms with E-state index in [0.717, 1.165) is 23.6 Å². The molecule has 1 fully saturated rings. The lowest BCUT2D eigenvalue weighted by molar-refractivity contribution is 0.417. The third-order valence-electron chi connectivity index (χ3n) is 4.10. The lowest BCUT2D eigenvalue weighted by Crippen LogP contribution is -2.39. The smallest absolute Gasteiger partial charge is 0.154 e. The summed E-state index contributed by atoms with van der Waals surface area (Å²) < 4.78 is 1.92. The van der Waals surface area contributed by atoms with Crippen molar-refractivity contribution in [1.82, 2.24) is 14.6 Å². The fraction of sp³-hybridized carbons (Fsp3) is 0.600. The van der Waals surface area contributed by atoms with Crippen molar-refractivity contribution < 1.29 is 0 Å². The van der Waals surface area contributed by atoms with E-state index in [1.807, 2.05) is 23.8 Å². The van der Waals surface area contributed by atoms with Gasteiger partial charge in [-0.15, -0.1) is 11.6 Å². The first-order chi connectivity index (χ1) is 9.79. The Morgan fingerprint density at radius 3 is 2.90 bits per heavy atom. The molecule has 1 aliphatic rings. The molecule has 2 aromatic rings. The van der Waals surface area contributed by atoms with E-state index in [4.69, 9.17) is 11.6 Å². The van der Waals surface area contributed by atoms with Crippen molar-refractivity contribution in [3.63, 3.8) is 0 Å². The molecule has 0 atom stereocenters. The van der Waals surface area contributed by atoms with Crippen molar-refractivity contribution in [1.29, 1.82) is 0 Å². The van der Waals surface area contributed by atoms with Crippen molar-refractivity contribution in [2.75, 3.05) is 17.3 Å². The molecule has 2 heterocycles. The molecule has 0 N–H and O–H groups in total. The molecule has 108 valence electrons. The first-order valence-corrected chi connectivity index (χ1v) is 7.96. The highest BCUT2D eigenvalue weighted by Crippen LogP contribution is 2.28. The number of anilines is 1. The predicted molar refractivity (Wildman–Crippen MR) is 82.7 cm³/mol. The van der Waals surface area contributed by atoms with Gasteiger partial charge in [0.25, 0.3) is 0 Å². The zero-order valence-corrected chi connectivity index (χ0v) is 12.7. The van der Waals surface area contributed by atoms with Crippen LogP contribution in [0, 0.1) is 6.92 Å². The summed E-state index contributed by atoms with van der Waals surface area (Å²) >= 11 is 6.03. The molecule has 20 heavy (non-hydrogen) atoms. The van der Waals surface area contributed by atoms with Gasteiger partial charge in [-0.25, -0.2) is 9.50 Å². The quantitative estimate of drug-likeness (QED) is 0.810. The van der Waals surface area contributed by atoms with Crippen LogP contribution in [-0.4, -0.2) is 33.1 Å². The minimum absolute atomic E-state index is 0.566. The van der Waals surface area contributed by atoms with Gasteiger partial charge in [-0.3, -0.25) is 0 Å². The zero-order valence-electron chi connectivity index (χ0n) is 11.9. The Kier molecular flexibility index (Phi) is 4.10. The number of alkyl halides is 1. The maximum atomic E-state index is 6.03. The minimum atomic E-state index is 0.566. The molecule has 1 saturated carbocycles. The molecular weight excluding hydrogens is 272 g/mol. The summed E-state index contributed by atoms with van der Waals surface area (Å²) in [6, 6.07) is 2.67. The van der Waals surface area contributed by atoms with Gasteiger partial charge < -0.3 is 4.90 Å². The third-order valence-corrected chi connectivity index (χ3v) is 4.27. The Morgan fingerprint density at radius 1 is 1.35 bits per heavy atom. The van der Waals surface area contributed by atoms with Gasteiger partial charge in [-0.1, -0.05) is 19.3 Å². The van der Waals surface area contributed by atoms with Crippen molar-refractivity contribution in [3.05, 3.63) is 24.2 Å². The second kappa shape index (κ2) is 6.00. The maximum absolute atomic E-state index is 6.03. The van der Waals surface area contributed by atoms with E-state index in [-0.39, 0.29) is 0 Å². The van der Waals surface area contributed by atoms with Crippen molar-refractivity contribution in [2.24, 2.45) is 0 Å². The molecule has 4 nitrogen and oxygen atoms in total. The predicted octanol–water partition coefficient (Wildman–Crippen LogP) is 3.42. The van der Waals surface area contributed by atoms with Crippen LogP contribution in [0.15, 0.2) is 18.5 Å². The summed E-state index contributed by atoms with van der Waals surface area (Å²) in [5, 5.41) is 4.48. The van der Waals surface area contributed by atoms with Gasteiger partial charge in [0.05, 0.1) is 5.69 Å². The van der Waals surface area contributed by atoms with Gasteiger partial charge >= 0.3 is 0 Å². The number of hydrogen-bond donors (Lipinski definition) is 0. The lowest BCUT2D eigenvalue weighted by atomic mass is 9.94. The standard InChI is InChI=1S/C15H21ClN4/c1-12-11-14-15(17-8-10-20(14)18-12)19(9-7-16)13-5-3-2-4-6-13/h8,10-11,13H,2-7,9H2,1H3. The second-order valence-electron chi connectivity index (χ2n) is 5.54. The molecule has 0 saturated heterocycles. The largest absolute Gasteiger partial charge is 0.351 e. The topological polar surface area (TPSA) is 33.4 Å². The molecule has 0 aliphatic heterocycles. The molecule has 0 amide bonds. The molecule has 0 bridgehead atoms. The van der Waals surface area contributed by atoms with Crippen LogP contribution in [0.3, 0.4) is 0 Å². The van der Waals surface area contributed by atoms with E-state index in [0.29, 0.717) is 11.9 Å². The number of aromatic nitrogens is 3. The third kappa shape index (κ3) is 2.62. The van der Waals surface area contributed by atoms with E-state index in [9.17, 15) is 0 Å². The van der Waals surface area contributed by atoms with E-state index in [1.54, 1.807) is 0 Å². The molecule has 2 aromatic heterocycles. The molecule has 0 aromatic carbocycles. The Hall–Kier alpha value is -1.29. The van der Waals surface area contributed by atoms with Crippen LogP contribution in [0.5, 0.6) is 0 Å². The van der Waals surface area contributed by atoms with Crippen LogP contribution in [0.4, 0.5) is 5.82 Å². The summed E-state index contributed by atoms with van der Waals surface area (Å²) in [6.45, 7) is 2.87. The first kappa shape index (κ1) is 13.7. The number of rotatable bonds is 4. The van der Waals surface area contributed by atoms with Crippen LogP contribution in [0.25, 0.3) is 5.52 Å². The normalized spacial score (nSPS) is 16.7. The van der Waals surface area contributed by atoms with Gasteiger partial charge in [0.1, 0.15) is 5.52 Å². The highest BCUT2D eigenvalue weighted by molar-refractivity contribution is 6.18. The van der Waals surface area contributed by atoms with Gasteiger partial charge in [0, 0.05) is 30.9 Å². The molecule has 3 rings (SSSR count). The summed E-state index contributed by atoms with van der Waals surface area (Å²) in [5.74, 6) is 1.66. The maximum Gasteiger partial charge on any atom is 0.154 e. The number of hydrogen-bond acceptors (Lipinski definition) is 3. The Labute approximate surface area is 124 Å². The van der Waals surface area contributed by atoms with E-state index in [2.05, 4.69) is 21.0 Å². The average molecular weight is 293 g/mol. The monoisotopic (exact) mass is 292 g/mol. The SMILES string of the molecule is Cc1cc2c(N(CCCl)C3CCCCC3)nccn2n1. The molecule has 1 aliphatic carbocycles. The molecule has 0 radical (unpaired) electrons. The van der Waals surface area contributed by atoms with Gasteiger partial charge in [-0.05, 0) is 25.8 Å². The number of fused-ring (bicyclic) bond motifs is 1. The second-order valence-corrected chi connectivity index (χ2v) is 5.92. The van der Waals surface area contributed by atoms with Crippen LogP contribution in [-0.2, 0) is 0 Å². The van der Waals surface area contributed by atoms with E-state index >= 15 is 0 Å². The summed E-state index contributed by atoms with van der Waals surface area (Å²) in [6.07, 6.45) is 10.2. The molecular formula is C15H21ClN4. The van der Waals surface area contributed by atoms with Crippen LogP contribution in [0.2, 0.25) is 0 Å². The minimum Gasteiger partial charge on any atom is -0.351 e. The summed E-state index contributed by atoms with van der Waals surface area (Å²) in [4.78, 5) is 7.01. The number of aryl methyl sites for hydroxylation is 1. The van der Waals surface area contributed by atoms with Crippen LogP contribution >= 0.6 is 11.6 Å². The molecule has 5 heteroatoms. The van der Waals surface area contributed by atoms with Crippen molar-refractivity contribution in [2.45, 2.75) is 45.1 Å². The molecule has 0 spiro atoms. The highest BCUT2D eigenvalue weighted by Gasteiger charge is 2.23. The Balaban J connectivity index is 1.99. The average Bonchev–Trinajstić information content (AvgIpc) is 2.86. The first-order valence-electron chi connectivity index (χ1n) is 7.43. The fourth-order valence-electron chi connectivity index (χ4n) is 3.20. The van der Waals surface area contributed by atoms with Gasteiger partial charge in [-0.2, -0.15) is 5.10 Å². The fourth-order valence-corrected chi connectivity index (χ4v) is 3.38. The molecule has 0 unspecified atom stereocenters. The van der Waals surface area contributed by atoms with E-state index < -0.39 is 0 Å². The zero-order chi connectivity index (χ0) is 13.9. The number of halogens is 1. The van der Waals surface area contributed by atoms with Crippen LogP contribution < -0.4 is 4.90 Å². The van der Waals surface area contributed by atoms with Crippen molar-refractivity contribution in [3.8, 4) is 0 Å². The highest BCUT2D eigenvalue weighted by atomic mass is 35.5. The van der Waals surface area contributed by atoms with Gasteiger partial charge in [0.2, 0.25) is 0 Å². The van der Waals surface area contributed by atoms with E-state index in [1.165, 1.54) is 32.1 Å². The lowest BCUT2D eigenvalue weighted by Gasteiger charge is -2.35.